The van der Waals surface area contributed by atoms with E-state index in [4.69, 9.17) is 11.6 Å². The smallest absolute Gasteiger partial charge is 0.250 e. The molecular weight excluding hydrogens is 300 g/mol. The fourth-order valence-electron chi connectivity index (χ4n) is 2.25. The number of hydrogen-bond donors (Lipinski definition) is 1. The zero-order valence-electron chi connectivity index (χ0n) is 12.5. The van der Waals surface area contributed by atoms with Crippen LogP contribution in [0.5, 0.6) is 0 Å². The van der Waals surface area contributed by atoms with Gasteiger partial charge in [0.1, 0.15) is 0 Å². The van der Waals surface area contributed by atoms with Gasteiger partial charge in [0.15, 0.2) is 0 Å². The van der Waals surface area contributed by atoms with Crippen molar-refractivity contribution in [2.24, 2.45) is 0 Å². The van der Waals surface area contributed by atoms with Crippen LogP contribution in [0.2, 0.25) is 5.02 Å². The van der Waals surface area contributed by atoms with Gasteiger partial charge < -0.3 is 9.88 Å². The fourth-order valence-corrected chi connectivity index (χ4v) is 2.46. The molecule has 0 bridgehead atoms. The lowest BCUT2D eigenvalue weighted by Crippen LogP contribution is -2.29. The van der Waals surface area contributed by atoms with Crippen LogP contribution in [0.15, 0.2) is 47.3 Å². The Hall–Kier alpha value is -2.07. The van der Waals surface area contributed by atoms with Crippen LogP contribution in [0.4, 0.5) is 0 Å². The number of nitrogens with zero attached hydrogens (tertiary/aromatic N) is 1. The maximum absolute atomic E-state index is 11.8. The van der Waals surface area contributed by atoms with Gasteiger partial charge in [-0.05, 0) is 37.1 Å². The molecule has 0 saturated heterocycles. The molecule has 5 heteroatoms. The van der Waals surface area contributed by atoms with Gasteiger partial charge in [0.25, 0.3) is 5.56 Å². The first-order valence-electron chi connectivity index (χ1n) is 7.24. The van der Waals surface area contributed by atoms with Crippen molar-refractivity contribution in [2.45, 2.75) is 26.3 Å². The van der Waals surface area contributed by atoms with Crippen LogP contribution in [0.25, 0.3) is 0 Å². The van der Waals surface area contributed by atoms with Crippen molar-refractivity contribution in [2.75, 3.05) is 6.54 Å². The molecule has 116 valence electrons. The molecule has 1 amide bonds. The predicted octanol–water partition coefficient (Wildman–Crippen LogP) is 2.56. The lowest BCUT2D eigenvalue weighted by Gasteiger charge is -2.09. The molecule has 22 heavy (non-hydrogen) atoms. The van der Waals surface area contributed by atoms with Gasteiger partial charge in [-0.15, -0.1) is 0 Å². The average molecular weight is 319 g/mol. The maximum atomic E-state index is 11.8. The summed E-state index contributed by atoms with van der Waals surface area (Å²) in [6.07, 6.45) is 1.02. The Morgan fingerprint density at radius 2 is 2.00 bits per heavy atom. The van der Waals surface area contributed by atoms with E-state index in [1.54, 1.807) is 10.6 Å². The number of amides is 1. The summed E-state index contributed by atoms with van der Waals surface area (Å²) in [6, 6.07) is 12.7. The number of benzene rings is 1. The Morgan fingerprint density at radius 3 is 2.73 bits per heavy atom. The van der Waals surface area contributed by atoms with Crippen LogP contribution in [-0.4, -0.2) is 17.0 Å². The van der Waals surface area contributed by atoms with Gasteiger partial charge in [-0.25, -0.2) is 0 Å². The Balaban J connectivity index is 1.78. The van der Waals surface area contributed by atoms with Gasteiger partial charge in [-0.2, -0.15) is 0 Å². The van der Waals surface area contributed by atoms with Crippen molar-refractivity contribution in [1.82, 2.24) is 9.88 Å². The summed E-state index contributed by atoms with van der Waals surface area (Å²) >= 11 is 5.91. The van der Waals surface area contributed by atoms with Crippen molar-refractivity contribution in [1.29, 1.82) is 0 Å². The second kappa shape index (κ2) is 7.80. The summed E-state index contributed by atoms with van der Waals surface area (Å²) in [6.45, 7) is 2.81. The van der Waals surface area contributed by atoms with Crippen molar-refractivity contribution in [3.05, 3.63) is 69.1 Å². The minimum absolute atomic E-state index is 0.0582. The number of aryl methyl sites for hydroxylation is 1. The Morgan fingerprint density at radius 1 is 1.23 bits per heavy atom. The highest BCUT2D eigenvalue weighted by Gasteiger charge is 2.04. The van der Waals surface area contributed by atoms with Crippen LogP contribution in [0, 0.1) is 6.92 Å². The predicted molar refractivity (Wildman–Crippen MR) is 88.2 cm³/mol. The second-order valence-corrected chi connectivity index (χ2v) is 5.57. The summed E-state index contributed by atoms with van der Waals surface area (Å²) in [5, 5.41) is 3.56. The number of pyridine rings is 1. The van der Waals surface area contributed by atoms with E-state index in [-0.39, 0.29) is 11.5 Å². The first-order chi connectivity index (χ1) is 10.6. The topological polar surface area (TPSA) is 51.1 Å². The molecule has 1 aromatic carbocycles. The highest BCUT2D eigenvalue weighted by atomic mass is 35.5. The van der Waals surface area contributed by atoms with Gasteiger partial charge in [0, 0.05) is 36.3 Å². The molecule has 1 heterocycles. The maximum Gasteiger partial charge on any atom is 0.250 e. The molecule has 0 aliphatic carbocycles. The van der Waals surface area contributed by atoms with Crippen LogP contribution in [-0.2, 0) is 17.8 Å². The fraction of sp³-hybridized carbons (Fsp3) is 0.294. The third kappa shape index (κ3) is 4.74. The largest absolute Gasteiger partial charge is 0.356 e. The Labute approximate surface area is 134 Å². The molecule has 1 N–H and O–H groups in total. The summed E-state index contributed by atoms with van der Waals surface area (Å²) in [4.78, 5) is 23.5. The van der Waals surface area contributed by atoms with E-state index in [1.165, 1.54) is 6.07 Å². The minimum atomic E-state index is -0.0771. The number of carbonyl (C=O) groups is 1. The molecule has 0 radical (unpaired) electrons. The van der Waals surface area contributed by atoms with E-state index >= 15 is 0 Å². The number of nitrogens with one attached hydrogen (secondary N) is 1. The summed E-state index contributed by atoms with van der Waals surface area (Å²) in [5.74, 6) is -0.0582. The Bertz CT molecular complexity index is 710. The quantitative estimate of drug-likeness (QED) is 0.890. The first kappa shape index (κ1) is 16.3. The molecule has 0 aliphatic heterocycles. The summed E-state index contributed by atoms with van der Waals surface area (Å²) < 4.78 is 1.61. The van der Waals surface area contributed by atoms with Crippen molar-refractivity contribution < 1.29 is 4.79 Å². The van der Waals surface area contributed by atoms with E-state index in [9.17, 15) is 9.59 Å². The van der Waals surface area contributed by atoms with E-state index in [2.05, 4.69) is 5.32 Å². The molecule has 0 unspecified atom stereocenters. The normalized spacial score (nSPS) is 10.5. The molecule has 0 spiro atoms. The van der Waals surface area contributed by atoms with Crippen LogP contribution >= 0.6 is 11.6 Å². The van der Waals surface area contributed by atoms with E-state index in [1.807, 2.05) is 37.3 Å². The van der Waals surface area contributed by atoms with Crippen molar-refractivity contribution in [3.8, 4) is 0 Å². The number of aromatic nitrogens is 1. The van der Waals surface area contributed by atoms with E-state index < -0.39 is 0 Å². The van der Waals surface area contributed by atoms with Gasteiger partial charge in [0.2, 0.25) is 5.91 Å². The monoisotopic (exact) mass is 318 g/mol. The van der Waals surface area contributed by atoms with Crippen molar-refractivity contribution >= 4 is 17.5 Å². The zero-order valence-corrected chi connectivity index (χ0v) is 13.3. The van der Waals surface area contributed by atoms with Gasteiger partial charge in [0.05, 0.1) is 0 Å². The molecule has 4 nitrogen and oxygen atoms in total. The molecular formula is C17H19ClN2O2. The van der Waals surface area contributed by atoms with Gasteiger partial charge >= 0.3 is 0 Å². The lowest BCUT2D eigenvalue weighted by atomic mass is 10.1. The number of hydrogen-bond acceptors (Lipinski definition) is 2. The molecule has 2 aromatic rings. The third-order valence-electron chi connectivity index (χ3n) is 3.46. The average Bonchev–Trinajstić information content (AvgIpc) is 2.47. The number of carbonyl (C=O) groups excluding carboxylic acids is 1. The van der Waals surface area contributed by atoms with Gasteiger partial charge in [-0.3, -0.25) is 9.59 Å². The third-order valence-corrected chi connectivity index (χ3v) is 3.69. The summed E-state index contributed by atoms with van der Waals surface area (Å²) in [7, 11) is 0. The highest BCUT2D eigenvalue weighted by molar-refractivity contribution is 6.30. The van der Waals surface area contributed by atoms with Gasteiger partial charge in [-0.1, -0.05) is 29.8 Å². The molecule has 2 rings (SSSR count). The van der Waals surface area contributed by atoms with E-state index in [0.717, 1.165) is 17.7 Å². The number of halogens is 1. The SMILES string of the molecule is Cc1cccc(=O)n1CCC(=O)NCCc1cccc(Cl)c1. The molecule has 0 atom stereocenters. The van der Waals surface area contributed by atoms with Crippen LogP contribution in [0.3, 0.4) is 0 Å². The van der Waals surface area contributed by atoms with Crippen LogP contribution < -0.4 is 10.9 Å². The van der Waals surface area contributed by atoms with E-state index in [0.29, 0.717) is 24.5 Å². The molecule has 0 aliphatic rings. The Kier molecular flexibility index (Phi) is 5.78. The van der Waals surface area contributed by atoms with Crippen LogP contribution in [0.1, 0.15) is 17.7 Å². The lowest BCUT2D eigenvalue weighted by molar-refractivity contribution is -0.121. The zero-order chi connectivity index (χ0) is 15.9. The highest BCUT2D eigenvalue weighted by Crippen LogP contribution is 2.10. The molecule has 0 fully saturated rings. The first-order valence-corrected chi connectivity index (χ1v) is 7.61. The minimum Gasteiger partial charge on any atom is -0.356 e. The van der Waals surface area contributed by atoms with Crippen molar-refractivity contribution in [3.63, 3.8) is 0 Å². The standard InChI is InChI=1S/C17H19ClN2O2/c1-13-4-2-7-17(22)20(13)11-9-16(21)19-10-8-14-5-3-6-15(18)12-14/h2-7,12H,8-11H2,1H3,(H,19,21). The summed E-state index contributed by atoms with van der Waals surface area (Å²) in [5.41, 5.74) is 1.87. The number of rotatable bonds is 6. The second-order valence-electron chi connectivity index (χ2n) is 5.14. The molecule has 1 aromatic heterocycles. The molecule has 0 saturated carbocycles.